The largest absolute Gasteiger partial charge is 0.496 e. The first-order chi connectivity index (χ1) is 15.7. The van der Waals surface area contributed by atoms with E-state index in [1.54, 1.807) is 7.11 Å². The van der Waals surface area contributed by atoms with E-state index >= 15 is 0 Å². The molecule has 1 spiro atoms. The van der Waals surface area contributed by atoms with E-state index in [1.165, 1.54) is 18.4 Å². The van der Waals surface area contributed by atoms with Crippen molar-refractivity contribution in [2.45, 2.75) is 44.2 Å². The first-order valence-corrected chi connectivity index (χ1v) is 11.8. The van der Waals surface area contributed by atoms with Crippen LogP contribution in [0.4, 0.5) is 0 Å². The number of benzene rings is 2. The molecule has 0 atom stereocenters. The quantitative estimate of drug-likeness (QED) is 0.683. The zero-order chi connectivity index (χ0) is 21.7. The molecule has 1 amide bonds. The molecule has 168 valence electrons. The second-order valence-electron chi connectivity index (χ2n) is 9.56. The lowest BCUT2D eigenvalue weighted by Gasteiger charge is -2.34. The summed E-state index contributed by atoms with van der Waals surface area (Å²) < 4.78 is 16.6. The lowest BCUT2D eigenvalue weighted by atomic mass is 9.92. The fourth-order valence-electron chi connectivity index (χ4n) is 5.78. The third-order valence-electron chi connectivity index (χ3n) is 7.78. The summed E-state index contributed by atoms with van der Waals surface area (Å²) >= 11 is 0. The number of nitrogens with zero attached hydrogens (tertiary/aromatic N) is 2. The monoisotopic (exact) mass is 434 g/mol. The molecule has 0 bridgehead atoms. The Bertz CT molecular complexity index is 1040. The van der Waals surface area contributed by atoms with Gasteiger partial charge in [-0.05, 0) is 74.9 Å². The van der Waals surface area contributed by atoms with Crippen LogP contribution in [-0.4, -0.2) is 49.2 Å². The van der Waals surface area contributed by atoms with Crippen LogP contribution in [-0.2, 0) is 12.1 Å². The topological polar surface area (TPSA) is 51.2 Å². The van der Waals surface area contributed by atoms with Crippen LogP contribution in [0.15, 0.2) is 36.4 Å². The zero-order valence-electron chi connectivity index (χ0n) is 18.6. The highest BCUT2D eigenvalue weighted by Gasteiger charge is 2.58. The number of methoxy groups -OCH3 is 1. The predicted octanol–water partition coefficient (Wildman–Crippen LogP) is 4.17. The number of fused-ring (bicyclic) bond motifs is 3. The summed E-state index contributed by atoms with van der Waals surface area (Å²) in [5, 5.41) is 0. The summed E-state index contributed by atoms with van der Waals surface area (Å²) in [5.41, 5.74) is 3.14. The van der Waals surface area contributed by atoms with Crippen LogP contribution in [0, 0.1) is 5.92 Å². The van der Waals surface area contributed by atoms with Gasteiger partial charge in [0.2, 0.25) is 6.79 Å². The number of likely N-dealkylation sites (tertiary alicyclic amines) is 1. The average Bonchev–Trinajstić information content (AvgIpc) is 3.43. The summed E-state index contributed by atoms with van der Waals surface area (Å²) in [6.07, 6.45) is 5.57. The minimum absolute atomic E-state index is 0.0854. The summed E-state index contributed by atoms with van der Waals surface area (Å²) in [6.45, 7) is 4.23. The average molecular weight is 435 g/mol. The molecule has 2 aromatic rings. The van der Waals surface area contributed by atoms with Gasteiger partial charge >= 0.3 is 0 Å². The van der Waals surface area contributed by atoms with E-state index in [9.17, 15) is 4.79 Å². The minimum Gasteiger partial charge on any atom is -0.496 e. The van der Waals surface area contributed by atoms with Gasteiger partial charge in [-0.2, -0.15) is 0 Å². The van der Waals surface area contributed by atoms with Crippen molar-refractivity contribution in [1.29, 1.82) is 0 Å². The van der Waals surface area contributed by atoms with Crippen LogP contribution in [0.3, 0.4) is 0 Å². The van der Waals surface area contributed by atoms with Crippen molar-refractivity contribution in [3.05, 3.63) is 53.1 Å². The zero-order valence-corrected chi connectivity index (χ0v) is 18.6. The molecule has 2 fully saturated rings. The van der Waals surface area contributed by atoms with Gasteiger partial charge in [-0.1, -0.05) is 18.2 Å². The number of rotatable bonds is 6. The van der Waals surface area contributed by atoms with E-state index in [0.717, 1.165) is 68.1 Å². The summed E-state index contributed by atoms with van der Waals surface area (Å²) in [6, 6.07) is 12.2. The van der Waals surface area contributed by atoms with E-state index in [0.29, 0.717) is 11.7 Å². The summed E-state index contributed by atoms with van der Waals surface area (Å²) in [5.74, 6) is 3.31. The molecule has 2 aromatic carbocycles. The maximum absolute atomic E-state index is 13.3. The smallest absolute Gasteiger partial charge is 0.255 e. The highest BCUT2D eigenvalue weighted by Crippen LogP contribution is 2.58. The second-order valence-corrected chi connectivity index (χ2v) is 9.56. The number of ether oxygens (including phenoxy) is 3. The Kier molecular flexibility index (Phi) is 4.79. The second kappa shape index (κ2) is 7.69. The molecule has 0 radical (unpaired) electrons. The molecule has 3 heterocycles. The maximum atomic E-state index is 13.3. The standard InChI is InChI=1S/C26H30N2O4/c1-30-22-5-3-2-4-19(22)16-27-11-6-18(7-12-27)8-13-28-25(29)20-14-23-24(32-17-31-23)15-21(20)26(28)9-10-26/h2-5,14-15,18H,6-13,16-17H2,1H3. The van der Waals surface area contributed by atoms with E-state index < -0.39 is 0 Å². The number of carbonyl (C=O) groups excluding carboxylic acids is 1. The minimum atomic E-state index is -0.0854. The van der Waals surface area contributed by atoms with Gasteiger partial charge < -0.3 is 19.1 Å². The van der Waals surface area contributed by atoms with Crippen molar-refractivity contribution >= 4 is 5.91 Å². The van der Waals surface area contributed by atoms with Crippen molar-refractivity contribution in [3.63, 3.8) is 0 Å². The van der Waals surface area contributed by atoms with Crippen molar-refractivity contribution in [1.82, 2.24) is 9.80 Å². The van der Waals surface area contributed by atoms with Crippen LogP contribution in [0.25, 0.3) is 0 Å². The lowest BCUT2D eigenvalue weighted by molar-refractivity contribution is 0.0671. The van der Waals surface area contributed by atoms with Gasteiger partial charge in [0.1, 0.15) is 5.75 Å². The van der Waals surface area contributed by atoms with E-state index in [4.69, 9.17) is 14.2 Å². The molecule has 1 saturated carbocycles. The van der Waals surface area contributed by atoms with Gasteiger partial charge in [0.05, 0.1) is 12.6 Å². The Hall–Kier alpha value is -2.73. The first kappa shape index (κ1) is 19.9. The molecule has 1 aliphatic carbocycles. The van der Waals surface area contributed by atoms with Crippen LogP contribution < -0.4 is 14.2 Å². The normalized spacial score (nSPS) is 21.3. The Labute approximate surface area is 189 Å². The lowest BCUT2D eigenvalue weighted by Crippen LogP contribution is -2.37. The molecule has 32 heavy (non-hydrogen) atoms. The van der Waals surface area contributed by atoms with Gasteiger partial charge in [0, 0.05) is 24.2 Å². The Balaban J connectivity index is 1.06. The van der Waals surface area contributed by atoms with Crippen molar-refractivity contribution in [3.8, 4) is 17.2 Å². The van der Waals surface area contributed by atoms with Gasteiger partial charge in [0.25, 0.3) is 5.91 Å². The van der Waals surface area contributed by atoms with Gasteiger partial charge in [-0.3, -0.25) is 9.69 Å². The molecule has 0 unspecified atom stereocenters. The van der Waals surface area contributed by atoms with Crippen LogP contribution >= 0.6 is 0 Å². The highest BCUT2D eigenvalue weighted by molar-refractivity contribution is 6.01. The Morgan fingerprint density at radius 2 is 1.84 bits per heavy atom. The molecule has 1 saturated heterocycles. The van der Waals surface area contributed by atoms with Crippen molar-refractivity contribution < 1.29 is 19.0 Å². The molecule has 3 aliphatic heterocycles. The number of carbonyl (C=O) groups is 1. The fraction of sp³-hybridized carbons (Fsp3) is 0.500. The van der Waals surface area contributed by atoms with Gasteiger partial charge in [0.15, 0.2) is 11.5 Å². The molecule has 0 N–H and O–H groups in total. The van der Waals surface area contributed by atoms with Crippen LogP contribution in [0.5, 0.6) is 17.2 Å². The van der Waals surface area contributed by atoms with Crippen molar-refractivity contribution in [2.24, 2.45) is 5.92 Å². The van der Waals surface area contributed by atoms with Crippen LogP contribution in [0.1, 0.15) is 53.6 Å². The number of hydrogen-bond donors (Lipinski definition) is 0. The molecular weight excluding hydrogens is 404 g/mol. The third-order valence-corrected chi connectivity index (χ3v) is 7.78. The SMILES string of the molecule is COc1ccccc1CN1CCC(CCN2C(=O)c3cc4c(cc3C23CC3)OCO4)CC1. The Morgan fingerprint density at radius 3 is 2.59 bits per heavy atom. The summed E-state index contributed by atoms with van der Waals surface area (Å²) in [4.78, 5) is 17.9. The number of amides is 1. The highest BCUT2D eigenvalue weighted by atomic mass is 16.7. The fourth-order valence-corrected chi connectivity index (χ4v) is 5.78. The molecule has 6 rings (SSSR count). The number of hydrogen-bond acceptors (Lipinski definition) is 5. The predicted molar refractivity (Wildman–Crippen MR) is 120 cm³/mol. The van der Waals surface area contributed by atoms with Crippen molar-refractivity contribution in [2.75, 3.05) is 33.5 Å². The molecule has 6 heteroatoms. The molecule has 6 nitrogen and oxygen atoms in total. The molecule has 4 aliphatic rings. The van der Waals surface area contributed by atoms with E-state index in [-0.39, 0.29) is 18.2 Å². The third kappa shape index (κ3) is 3.24. The molecular formula is C26H30N2O4. The van der Waals surface area contributed by atoms with Gasteiger partial charge in [-0.15, -0.1) is 0 Å². The van der Waals surface area contributed by atoms with E-state index in [2.05, 4.69) is 28.0 Å². The number of para-hydroxylation sites is 1. The Morgan fingerprint density at radius 1 is 1.09 bits per heavy atom. The first-order valence-electron chi connectivity index (χ1n) is 11.8. The summed E-state index contributed by atoms with van der Waals surface area (Å²) in [7, 11) is 1.74. The maximum Gasteiger partial charge on any atom is 0.255 e. The molecule has 0 aromatic heterocycles. The number of piperidine rings is 1. The van der Waals surface area contributed by atoms with Crippen LogP contribution in [0.2, 0.25) is 0 Å². The van der Waals surface area contributed by atoms with Gasteiger partial charge in [-0.25, -0.2) is 0 Å². The van der Waals surface area contributed by atoms with E-state index in [1.807, 2.05) is 18.2 Å².